The molecular weight excluding hydrogens is 468 g/mol. The Hall–Kier alpha value is -3.11. The van der Waals surface area contributed by atoms with Gasteiger partial charge in [0.1, 0.15) is 17.5 Å². The summed E-state index contributed by atoms with van der Waals surface area (Å²) < 4.78 is 0.976. The summed E-state index contributed by atoms with van der Waals surface area (Å²) in [4.78, 5) is 31.6. The number of fused-ring (bicyclic) bond motifs is 1. The second kappa shape index (κ2) is 9.17. The van der Waals surface area contributed by atoms with E-state index >= 15 is 0 Å². The van der Waals surface area contributed by atoms with Crippen LogP contribution in [0.25, 0.3) is 0 Å². The Kier molecular flexibility index (Phi) is 6.33. The summed E-state index contributed by atoms with van der Waals surface area (Å²) in [6.07, 6.45) is 2.11. The summed E-state index contributed by atoms with van der Waals surface area (Å²) in [5, 5.41) is 9.78. The molecule has 0 spiro atoms. The van der Waals surface area contributed by atoms with Crippen LogP contribution in [0.3, 0.4) is 0 Å². The molecule has 32 heavy (non-hydrogen) atoms. The molecule has 1 aliphatic heterocycles. The summed E-state index contributed by atoms with van der Waals surface area (Å²) in [7, 11) is 3.69. The van der Waals surface area contributed by atoms with E-state index in [1.807, 2.05) is 77.3 Å². The van der Waals surface area contributed by atoms with Crippen molar-refractivity contribution in [1.82, 2.24) is 4.90 Å². The minimum Gasteiger partial charge on any atom is -0.335 e. The average Bonchev–Trinajstić information content (AvgIpc) is 3.60. The average molecular weight is 493 g/mol. The third-order valence-corrected chi connectivity index (χ3v) is 6.46. The summed E-state index contributed by atoms with van der Waals surface area (Å²) >= 11 is 3.48. The lowest BCUT2D eigenvalue weighted by Crippen LogP contribution is -2.33. The lowest BCUT2D eigenvalue weighted by molar-refractivity contribution is -0.133. The quantitative estimate of drug-likeness (QED) is 0.416. The Balaban J connectivity index is 1.47. The number of halogens is 1. The highest BCUT2D eigenvalue weighted by molar-refractivity contribution is 9.10. The number of para-hydroxylation sites is 2. The van der Waals surface area contributed by atoms with Crippen molar-refractivity contribution >= 4 is 39.0 Å². The van der Waals surface area contributed by atoms with Crippen molar-refractivity contribution in [2.75, 3.05) is 23.9 Å². The minimum absolute atomic E-state index is 0.0188. The van der Waals surface area contributed by atoms with Gasteiger partial charge in [-0.15, -0.1) is 0 Å². The predicted octanol–water partition coefficient (Wildman–Crippen LogP) is 4.61. The molecule has 0 atom stereocenters. The van der Waals surface area contributed by atoms with E-state index in [2.05, 4.69) is 22.0 Å². The first-order valence-corrected chi connectivity index (χ1v) is 11.5. The molecule has 6 nitrogen and oxygen atoms in total. The molecule has 0 unspecified atom stereocenters. The van der Waals surface area contributed by atoms with Crippen LogP contribution in [0.4, 0.5) is 11.4 Å². The smallest absolute Gasteiger partial charge is 0.223 e. The fraction of sp³-hybridized carbons (Fsp3) is 0.320. The van der Waals surface area contributed by atoms with Crippen LogP contribution in [0.2, 0.25) is 0 Å². The van der Waals surface area contributed by atoms with Gasteiger partial charge in [0.15, 0.2) is 5.78 Å². The van der Waals surface area contributed by atoms with Gasteiger partial charge in [0, 0.05) is 44.0 Å². The fourth-order valence-corrected chi connectivity index (χ4v) is 4.63. The highest BCUT2D eigenvalue weighted by atomic mass is 79.9. The van der Waals surface area contributed by atoms with Crippen LogP contribution < -0.4 is 9.80 Å². The molecule has 1 saturated carbocycles. The van der Waals surface area contributed by atoms with Gasteiger partial charge >= 0.3 is 0 Å². The van der Waals surface area contributed by atoms with Crippen LogP contribution in [-0.4, -0.2) is 36.7 Å². The fourth-order valence-electron chi connectivity index (χ4n) is 4.19. The Labute approximate surface area is 196 Å². The topological polar surface area (TPSA) is 67.6 Å². The molecule has 2 aromatic rings. The van der Waals surface area contributed by atoms with Gasteiger partial charge in [-0.1, -0.05) is 40.2 Å². The Bertz CT molecular complexity index is 1100. The Morgan fingerprint density at radius 3 is 2.28 bits per heavy atom. The number of nitrogens with zero attached hydrogens (tertiary/aromatic N) is 4. The molecule has 2 aromatic carbocycles. The van der Waals surface area contributed by atoms with Crippen molar-refractivity contribution < 1.29 is 9.59 Å². The van der Waals surface area contributed by atoms with Gasteiger partial charge in [0.2, 0.25) is 5.91 Å². The van der Waals surface area contributed by atoms with Gasteiger partial charge in [-0.05, 0) is 42.7 Å². The van der Waals surface area contributed by atoms with Crippen molar-refractivity contribution in [3.8, 4) is 6.07 Å². The number of carbonyl (C=O) groups excluding carboxylic acids is 2. The number of rotatable bonds is 7. The van der Waals surface area contributed by atoms with E-state index < -0.39 is 0 Å². The van der Waals surface area contributed by atoms with Crippen LogP contribution in [0.1, 0.15) is 31.2 Å². The summed E-state index contributed by atoms with van der Waals surface area (Å²) in [6.45, 7) is 0.532. The molecule has 0 saturated heterocycles. The van der Waals surface area contributed by atoms with E-state index in [9.17, 15) is 14.9 Å². The second-order valence-corrected chi connectivity index (χ2v) is 9.14. The predicted molar refractivity (Wildman–Crippen MR) is 128 cm³/mol. The molecule has 4 rings (SSSR count). The third-order valence-electron chi connectivity index (χ3n) is 5.97. The van der Waals surface area contributed by atoms with E-state index in [0.717, 1.165) is 34.3 Å². The minimum atomic E-state index is -0.305. The van der Waals surface area contributed by atoms with Crippen molar-refractivity contribution in [3.63, 3.8) is 0 Å². The molecule has 0 radical (unpaired) electrons. The molecule has 0 aromatic heterocycles. The number of carbonyl (C=O) groups is 2. The zero-order chi connectivity index (χ0) is 22.8. The molecule has 1 amide bonds. The summed E-state index contributed by atoms with van der Waals surface area (Å²) in [6, 6.07) is 18.0. The van der Waals surface area contributed by atoms with Crippen molar-refractivity contribution in [1.29, 1.82) is 5.26 Å². The number of Topliss-reactive ketones (excluding diaryl/α,β-unsaturated/α-hetero) is 1. The second-order valence-electron chi connectivity index (χ2n) is 8.22. The number of nitriles is 1. The maximum Gasteiger partial charge on any atom is 0.223 e. The first kappa shape index (κ1) is 22.1. The Morgan fingerprint density at radius 2 is 1.72 bits per heavy atom. The number of benzene rings is 2. The third kappa shape index (κ3) is 4.42. The highest BCUT2D eigenvalue weighted by Gasteiger charge is 2.34. The summed E-state index contributed by atoms with van der Waals surface area (Å²) in [5.74, 6) is 0.208. The number of hydrogen-bond acceptors (Lipinski definition) is 5. The molecule has 0 bridgehead atoms. The van der Waals surface area contributed by atoms with Crippen LogP contribution >= 0.6 is 15.9 Å². The largest absolute Gasteiger partial charge is 0.335 e. The van der Waals surface area contributed by atoms with Gasteiger partial charge < -0.3 is 14.7 Å². The number of amides is 1. The van der Waals surface area contributed by atoms with Gasteiger partial charge in [-0.25, -0.2) is 0 Å². The van der Waals surface area contributed by atoms with Crippen molar-refractivity contribution in [2.45, 2.75) is 38.3 Å². The van der Waals surface area contributed by atoms with E-state index in [1.54, 1.807) is 0 Å². The van der Waals surface area contributed by atoms with Gasteiger partial charge in [-0.2, -0.15) is 5.26 Å². The number of ketones is 1. The van der Waals surface area contributed by atoms with Crippen molar-refractivity contribution in [3.05, 3.63) is 70.0 Å². The zero-order valence-corrected chi connectivity index (χ0v) is 19.8. The van der Waals surface area contributed by atoms with Crippen LogP contribution in [0.15, 0.2) is 64.4 Å². The van der Waals surface area contributed by atoms with Crippen molar-refractivity contribution in [2.24, 2.45) is 0 Å². The molecule has 7 heteroatoms. The lowest BCUT2D eigenvalue weighted by Gasteiger charge is -2.23. The van der Waals surface area contributed by atoms with Gasteiger partial charge in [0.05, 0.1) is 11.4 Å². The molecule has 0 N–H and O–H groups in total. The van der Waals surface area contributed by atoms with Gasteiger partial charge in [-0.3, -0.25) is 9.59 Å². The number of hydrogen-bond donors (Lipinski definition) is 0. The zero-order valence-electron chi connectivity index (χ0n) is 18.2. The number of anilines is 2. The molecule has 2 aliphatic rings. The standard InChI is InChI=1S/C25H25BrN4O2/c1-28-21-8-3-4-9-22(21)29(2)25(28)20(15-27)23(31)12-13-24(32)30(19-10-11-19)16-17-6-5-7-18(26)14-17/h3-9,14,19H,10-13,16H2,1-2H3. The first-order valence-electron chi connectivity index (χ1n) is 10.7. The molecule has 1 fully saturated rings. The van der Waals surface area contributed by atoms with E-state index in [1.165, 1.54) is 0 Å². The Morgan fingerprint density at radius 1 is 1.06 bits per heavy atom. The van der Waals surface area contributed by atoms with E-state index in [4.69, 9.17) is 0 Å². The first-order chi connectivity index (χ1) is 15.4. The molecule has 1 aliphatic carbocycles. The highest BCUT2D eigenvalue weighted by Crippen LogP contribution is 2.40. The maximum absolute atomic E-state index is 13.0. The molecule has 164 valence electrons. The molecule has 1 heterocycles. The normalized spacial score (nSPS) is 14.8. The SMILES string of the molecule is CN1C(=C(C#N)C(=O)CCC(=O)N(Cc2cccc(Br)c2)C2CC2)N(C)c2ccccc21. The summed E-state index contributed by atoms with van der Waals surface area (Å²) in [5.41, 5.74) is 3.02. The van der Waals surface area contributed by atoms with E-state index in [0.29, 0.717) is 12.4 Å². The van der Waals surface area contributed by atoms with Gasteiger partial charge in [0.25, 0.3) is 0 Å². The molecular formula is C25H25BrN4O2. The lowest BCUT2D eigenvalue weighted by atomic mass is 10.1. The van der Waals surface area contributed by atoms with Crippen LogP contribution in [-0.2, 0) is 16.1 Å². The monoisotopic (exact) mass is 492 g/mol. The van der Waals surface area contributed by atoms with E-state index in [-0.39, 0.29) is 36.1 Å². The maximum atomic E-state index is 13.0. The van der Waals surface area contributed by atoms with Crippen LogP contribution in [0.5, 0.6) is 0 Å². The number of allylic oxidation sites excluding steroid dienone is 1. The van der Waals surface area contributed by atoms with Crippen LogP contribution in [0, 0.1) is 11.3 Å².